The number of amides is 1. The van der Waals surface area contributed by atoms with Crippen LogP contribution in [0.4, 0.5) is 0 Å². The van der Waals surface area contributed by atoms with Gasteiger partial charge in [-0.15, -0.1) is 11.3 Å². The van der Waals surface area contributed by atoms with Crippen LogP contribution in [0.5, 0.6) is 0 Å². The van der Waals surface area contributed by atoms with E-state index in [1.807, 2.05) is 23.5 Å². The Kier molecular flexibility index (Phi) is 6.88. The van der Waals surface area contributed by atoms with Crippen LogP contribution >= 0.6 is 11.3 Å². The van der Waals surface area contributed by atoms with E-state index < -0.39 is 10.0 Å². The molecule has 2 aliphatic heterocycles. The van der Waals surface area contributed by atoms with E-state index in [1.54, 1.807) is 10.4 Å². The van der Waals surface area contributed by atoms with Gasteiger partial charge in [0.25, 0.3) is 0 Å². The number of carbonyl (C=O) groups excluding carboxylic acids is 1. The molecule has 3 aliphatic rings. The molecule has 6 nitrogen and oxygen atoms in total. The number of thiophene rings is 1. The minimum atomic E-state index is -3.50. The quantitative estimate of drug-likeness (QED) is 0.679. The topological polar surface area (TPSA) is 69.7 Å². The van der Waals surface area contributed by atoms with Crippen LogP contribution in [0.2, 0.25) is 0 Å². The van der Waals surface area contributed by atoms with Crippen molar-refractivity contribution in [2.45, 2.75) is 56.4 Å². The third kappa shape index (κ3) is 5.04. The predicted octanol–water partition coefficient (Wildman–Crippen LogP) is 3.20. The first kappa shape index (κ1) is 23.0. The van der Waals surface area contributed by atoms with Crippen LogP contribution in [0.1, 0.15) is 47.3 Å². The summed E-state index contributed by atoms with van der Waals surface area (Å²) >= 11 is 1.84. The number of sulfonamides is 1. The molecular formula is C25H33N3O3S2. The average molecular weight is 488 g/mol. The summed E-state index contributed by atoms with van der Waals surface area (Å²) in [6, 6.07) is 7.83. The average Bonchev–Trinajstić information content (AvgIpc) is 3.32. The van der Waals surface area contributed by atoms with E-state index >= 15 is 0 Å². The van der Waals surface area contributed by atoms with Crippen LogP contribution in [-0.2, 0) is 40.6 Å². The van der Waals surface area contributed by atoms with E-state index in [1.165, 1.54) is 28.0 Å². The maximum Gasteiger partial charge on any atom is 0.243 e. The van der Waals surface area contributed by atoms with Gasteiger partial charge in [-0.1, -0.05) is 6.07 Å². The second-order valence-electron chi connectivity index (χ2n) is 9.50. The van der Waals surface area contributed by atoms with Gasteiger partial charge in [-0.3, -0.25) is 9.69 Å². The summed E-state index contributed by atoms with van der Waals surface area (Å²) in [6.07, 6.45) is 6.58. The van der Waals surface area contributed by atoms with Gasteiger partial charge < -0.3 is 5.32 Å². The Bertz CT molecular complexity index is 1100. The number of benzene rings is 1. The van der Waals surface area contributed by atoms with Crippen LogP contribution in [0, 0.1) is 5.92 Å². The lowest BCUT2D eigenvalue weighted by Gasteiger charge is -2.31. The van der Waals surface area contributed by atoms with Gasteiger partial charge in [0.1, 0.15) is 0 Å². The summed E-state index contributed by atoms with van der Waals surface area (Å²) < 4.78 is 27.9. The number of rotatable bonds is 6. The molecule has 1 N–H and O–H groups in total. The number of aryl methyl sites for hydroxylation is 2. The number of hydrogen-bond donors (Lipinski definition) is 1. The fourth-order valence-corrected chi connectivity index (χ4v) is 7.77. The van der Waals surface area contributed by atoms with Crippen molar-refractivity contribution >= 4 is 27.3 Å². The largest absolute Gasteiger partial charge is 0.355 e. The van der Waals surface area contributed by atoms with Crippen LogP contribution in [0.25, 0.3) is 0 Å². The van der Waals surface area contributed by atoms with Crippen LogP contribution in [0.15, 0.2) is 34.5 Å². The van der Waals surface area contributed by atoms with E-state index in [9.17, 15) is 13.2 Å². The molecule has 0 spiro atoms. The third-order valence-electron chi connectivity index (χ3n) is 7.40. The van der Waals surface area contributed by atoms with Crippen LogP contribution in [-0.4, -0.2) is 56.3 Å². The van der Waals surface area contributed by atoms with Gasteiger partial charge in [0.15, 0.2) is 0 Å². The van der Waals surface area contributed by atoms with Gasteiger partial charge in [-0.05, 0) is 85.2 Å². The molecule has 1 amide bonds. The monoisotopic (exact) mass is 487 g/mol. The molecule has 1 aromatic heterocycles. The van der Waals surface area contributed by atoms with Crippen LogP contribution < -0.4 is 5.32 Å². The Morgan fingerprint density at radius 1 is 1.00 bits per heavy atom. The summed E-state index contributed by atoms with van der Waals surface area (Å²) in [5, 5.41) is 5.25. The molecule has 0 atom stereocenters. The minimum Gasteiger partial charge on any atom is -0.355 e. The number of fused-ring (bicyclic) bond motifs is 2. The first-order chi connectivity index (χ1) is 16.0. The molecule has 0 saturated carbocycles. The zero-order chi connectivity index (χ0) is 22.8. The Labute approximate surface area is 201 Å². The standard InChI is InChI=1S/C25H33N3O3S2/c29-25(26-11-15-27-12-9-24-22(18-27)10-16-32-24)20-7-13-28(14-8-20)33(30,31)23-6-5-19-3-1-2-4-21(19)17-23/h5-6,10,16-17,20H,1-4,7-9,11-15,18H2,(H,26,29). The SMILES string of the molecule is O=C(NCCN1CCc2sccc2C1)C1CCN(S(=O)(=O)c2ccc3c(c2)CCCC3)CC1. The highest BCUT2D eigenvalue weighted by molar-refractivity contribution is 7.89. The van der Waals surface area contributed by atoms with Gasteiger partial charge in [0.05, 0.1) is 4.90 Å². The van der Waals surface area contributed by atoms with E-state index in [0.717, 1.165) is 45.3 Å². The second kappa shape index (κ2) is 9.86. The molecule has 2 aromatic rings. The van der Waals surface area contributed by atoms with Crippen molar-refractivity contribution in [1.82, 2.24) is 14.5 Å². The number of carbonyl (C=O) groups is 1. The van der Waals surface area contributed by atoms with E-state index in [4.69, 9.17) is 0 Å². The van der Waals surface area contributed by atoms with E-state index in [0.29, 0.717) is 37.4 Å². The van der Waals surface area contributed by atoms with Gasteiger partial charge in [0, 0.05) is 50.1 Å². The van der Waals surface area contributed by atoms with Crippen molar-refractivity contribution in [3.63, 3.8) is 0 Å². The summed E-state index contributed by atoms with van der Waals surface area (Å²) in [6.45, 7) is 4.32. The van der Waals surface area contributed by atoms with Crippen LogP contribution in [0.3, 0.4) is 0 Å². The smallest absolute Gasteiger partial charge is 0.243 e. The van der Waals surface area contributed by atoms with Gasteiger partial charge in [0.2, 0.25) is 15.9 Å². The summed E-state index contributed by atoms with van der Waals surface area (Å²) in [5.41, 5.74) is 3.89. The highest BCUT2D eigenvalue weighted by atomic mass is 32.2. The summed E-state index contributed by atoms with van der Waals surface area (Å²) in [4.78, 5) is 17.0. The molecule has 33 heavy (non-hydrogen) atoms. The van der Waals surface area contributed by atoms with Gasteiger partial charge in [-0.25, -0.2) is 8.42 Å². The first-order valence-corrected chi connectivity index (χ1v) is 14.5. The summed E-state index contributed by atoms with van der Waals surface area (Å²) in [7, 11) is -3.50. The van der Waals surface area contributed by atoms with Gasteiger partial charge >= 0.3 is 0 Å². The fraction of sp³-hybridized carbons (Fsp3) is 0.560. The number of nitrogens with one attached hydrogen (secondary N) is 1. The Hall–Kier alpha value is -1.74. The predicted molar refractivity (Wildman–Crippen MR) is 131 cm³/mol. The fourth-order valence-electron chi connectivity index (χ4n) is 5.36. The van der Waals surface area contributed by atoms with Crippen molar-refractivity contribution in [2.75, 3.05) is 32.7 Å². The van der Waals surface area contributed by atoms with Crippen molar-refractivity contribution in [1.29, 1.82) is 0 Å². The molecule has 1 fully saturated rings. The molecule has 0 bridgehead atoms. The number of hydrogen-bond acceptors (Lipinski definition) is 5. The lowest BCUT2D eigenvalue weighted by Crippen LogP contribution is -2.44. The molecule has 0 unspecified atom stereocenters. The molecule has 1 saturated heterocycles. The Morgan fingerprint density at radius 2 is 1.79 bits per heavy atom. The molecular weight excluding hydrogens is 454 g/mol. The highest BCUT2D eigenvalue weighted by Crippen LogP contribution is 2.28. The van der Waals surface area contributed by atoms with Gasteiger partial charge in [-0.2, -0.15) is 4.31 Å². The second-order valence-corrected chi connectivity index (χ2v) is 12.4. The Balaban J connectivity index is 1.10. The maximum atomic E-state index is 13.2. The molecule has 178 valence electrons. The van der Waals surface area contributed by atoms with Crippen molar-refractivity contribution in [2.24, 2.45) is 5.92 Å². The lowest BCUT2D eigenvalue weighted by molar-refractivity contribution is -0.126. The zero-order valence-electron chi connectivity index (χ0n) is 19.1. The molecule has 0 radical (unpaired) electrons. The molecule has 3 heterocycles. The third-order valence-corrected chi connectivity index (χ3v) is 10.3. The Morgan fingerprint density at radius 3 is 2.61 bits per heavy atom. The van der Waals surface area contributed by atoms with E-state index in [2.05, 4.69) is 21.7 Å². The first-order valence-electron chi connectivity index (χ1n) is 12.2. The zero-order valence-corrected chi connectivity index (χ0v) is 20.7. The molecule has 1 aromatic carbocycles. The highest BCUT2D eigenvalue weighted by Gasteiger charge is 2.32. The number of nitrogens with zero attached hydrogens (tertiary/aromatic N) is 2. The normalized spacial score (nSPS) is 20.2. The molecule has 1 aliphatic carbocycles. The molecule has 8 heteroatoms. The lowest BCUT2D eigenvalue weighted by atomic mass is 9.92. The van der Waals surface area contributed by atoms with E-state index in [-0.39, 0.29) is 11.8 Å². The van der Waals surface area contributed by atoms with Crippen molar-refractivity contribution in [3.8, 4) is 0 Å². The maximum absolute atomic E-state index is 13.2. The summed E-state index contributed by atoms with van der Waals surface area (Å²) in [5.74, 6) is -0.0427. The number of piperidine rings is 1. The van der Waals surface area contributed by atoms with Crippen molar-refractivity contribution in [3.05, 3.63) is 51.2 Å². The molecule has 5 rings (SSSR count). The minimum absolute atomic E-state index is 0.0639. The van der Waals surface area contributed by atoms with Crippen molar-refractivity contribution < 1.29 is 13.2 Å².